The normalized spacial score (nSPS) is 15.1. The van der Waals surface area contributed by atoms with E-state index in [-0.39, 0.29) is 37.3 Å². The van der Waals surface area contributed by atoms with Crippen molar-refractivity contribution >= 4 is 11.7 Å². The quantitative estimate of drug-likeness (QED) is 0.517. The maximum atomic E-state index is 13.2. The highest BCUT2D eigenvalue weighted by atomic mass is 19.1. The summed E-state index contributed by atoms with van der Waals surface area (Å²) in [6, 6.07) is 10.7. The Morgan fingerprint density at radius 2 is 1.85 bits per heavy atom. The monoisotopic (exact) mass is 475 g/mol. The first kappa shape index (κ1) is 25.7. The van der Waals surface area contributed by atoms with Crippen molar-refractivity contribution in [3.05, 3.63) is 53.8 Å². The summed E-state index contributed by atoms with van der Waals surface area (Å²) in [5.41, 5.74) is 1.59. The Kier molecular flexibility index (Phi) is 9.09. The van der Waals surface area contributed by atoms with E-state index in [9.17, 15) is 14.3 Å². The summed E-state index contributed by atoms with van der Waals surface area (Å²) in [5, 5.41) is 12.5. The second kappa shape index (κ2) is 12.0. The number of carbonyl (C=O) groups is 1. The molecule has 0 radical (unpaired) electrons. The molecule has 0 saturated heterocycles. The van der Waals surface area contributed by atoms with Gasteiger partial charge < -0.3 is 29.5 Å². The summed E-state index contributed by atoms with van der Waals surface area (Å²) in [6.45, 7) is 5.60. The number of aliphatic hydroxyl groups is 1. The fourth-order valence-electron chi connectivity index (χ4n) is 3.93. The molecule has 186 valence electrons. The predicted molar refractivity (Wildman–Crippen MR) is 128 cm³/mol. The summed E-state index contributed by atoms with van der Waals surface area (Å²) >= 11 is 0. The van der Waals surface area contributed by atoms with E-state index in [1.165, 1.54) is 24.3 Å². The van der Waals surface area contributed by atoms with Crippen molar-refractivity contribution in [3.63, 3.8) is 0 Å². The molecule has 0 aromatic heterocycles. The average Bonchev–Trinajstić information content (AvgIpc) is 3.29. The topological polar surface area (TPSA) is 83.5 Å². The Balaban J connectivity index is 1.59. The van der Waals surface area contributed by atoms with E-state index >= 15 is 0 Å². The summed E-state index contributed by atoms with van der Waals surface area (Å²) in [6.07, 6.45) is -0.147. The highest BCUT2D eigenvalue weighted by molar-refractivity contribution is 5.89. The number of carbonyl (C=O) groups excluding carboxylic acids is 1. The molecular weight excluding hydrogens is 441 g/mol. The van der Waals surface area contributed by atoms with Crippen LogP contribution in [0.3, 0.4) is 0 Å². The molecule has 0 bridgehead atoms. The van der Waals surface area contributed by atoms with Crippen molar-refractivity contribution in [2.45, 2.75) is 32.5 Å². The number of likely N-dealkylation sites (N-methyl/N-ethyl adjacent to an activating group) is 1. The van der Waals surface area contributed by atoms with Crippen molar-refractivity contribution in [1.82, 2.24) is 9.80 Å². The number of hydrogen-bond donors (Lipinski definition) is 2. The minimum atomic E-state index is -0.397. The van der Waals surface area contributed by atoms with Crippen LogP contribution in [0, 0.1) is 11.7 Å². The number of benzene rings is 2. The molecule has 0 saturated carbocycles. The molecule has 2 N–H and O–H groups in total. The van der Waals surface area contributed by atoms with Crippen LogP contribution in [0.1, 0.15) is 19.4 Å². The lowest BCUT2D eigenvalue weighted by Crippen LogP contribution is -2.48. The van der Waals surface area contributed by atoms with Crippen molar-refractivity contribution in [2.75, 3.05) is 46.0 Å². The fraction of sp³-hybridized carbons (Fsp3) is 0.480. The van der Waals surface area contributed by atoms with Gasteiger partial charge in [0.25, 0.3) is 0 Å². The SMILES string of the molecule is CO[C@H](CN(C)Cc1ccc2c(c1)OCO2)[C@@H](C)CN(C(=O)Nc1ccc(F)cc1)[C@H](C)CO. The Morgan fingerprint density at radius 1 is 1.15 bits per heavy atom. The van der Waals surface area contributed by atoms with Crippen LogP contribution in [0.2, 0.25) is 0 Å². The summed E-state index contributed by atoms with van der Waals surface area (Å²) in [5.74, 6) is 1.12. The van der Waals surface area contributed by atoms with Gasteiger partial charge in [-0.25, -0.2) is 9.18 Å². The highest BCUT2D eigenvalue weighted by Crippen LogP contribution is 2.32. The Morgan fingerprint density at radius 3 is 2.53 bits per heavy atom. The molecule has 34 heavy (non-hydrogen) atoms. The van der Waals surface area contributed by atoms with Crippen LogP contribution >= 0.6 is 0 Å². The zero-order valence-electron chi connectivity index (χ0n) is 20.2. The first-order valence-corrected chi connectivity index (χ1v) is 11.3. The Labute approximate surface area is 200 Å². The molecule has 2 aromatic carbocycles. The van der Waals surface area contributed by atoms with E-state index in [1.54, 1.807) is 18.9 Å². The number of halogens is 1. The van der Waals surface area contributed by atoms with E-state index in [2.05, 4.69) is 10.2 Å². The van der Waals surface area contributed by atoms with Crippen molar-refractivity contribution in [3.8, 4) is 11.5 Å². The Hall–Kier alpha value is -2.88. The second-order valence-corrected chi connectivity index (χ2v) is 8.76. The van der Waals surface area contributed by atoms with Gasteiger partial charge in [0.05, 0.1) is 18.8 Å². The minimum absolute atomic E-state index is 0.0165. The average molecular weight is 476 g/mol. The fourth-order valence-corrected chi connectivity index (χ4v) is 3.93. The lowest BCUT2D eigenvalue weighted by Gasteiger charge is -2.34. The van der Waals surface area contributed by atoms with Gasteiger partial charge in [-0.1, -0.05) is 13.0 Å². The number of anilines is 1. The molecule has 2 amide bonds. The molecule has 1 aliphatic rings. The number of fused-ring (bicyclic) bond motifs is 1. The number of nitrogens with one attached hydrogen (secondary N) is 1. The minimum Gasteiger partial charge on any atom is -0.454 e. The van der Waals surface area contributed by atoms with E-state index in [1.807, 2.05) is 32.2 Å². The maximum Gasteiger partial charge on any atom is 0.322 e. The number of methoxy groups -OCH3 is 1. The molecule has 8 nitrogen and oxygen atoms in total. The van der Waals surface area contributed by atoms with Gasteiger partial charge in [-0.2, -0.15) is 0 Å². The maximum absolute atomic E-state index is 13.2. The number of nitrogens with zero attached hydrogens (tertiary/aromatic N) is 2. The van der Waals surface area contributed by atoms with Crippen molar-refractivity contribution < 1.29 is 28.5 Å². The van der Waals surface area contributed by atoms with Crippen LogP contribution in [0.25, 0.3) is 0 Å². The number of urea groups is 1. The van der Waals surface area contributed by atoms with E-state index in [4.69, 9.17) is 14.2 Å². The largest absolute Gasteiger partial charge is 0.454 e. The number of aliphatic hydroxyl groups excluding tert-OH is 1. The smallest absolute Gasteiger partial charge is 0.322 e. The number of amides is 2. The van der Waals surface area contributed by atoms with Gasteiger partial charge in [-0.05, 0) is 55.9 Å². The van der Waals surface area contributed by atoms with Crippen molar-refractivity contribution in [1.29, 1.82) is 0 Å². The zero-order chi connectivity index (χ0) is 24.7. The molecule has 0 unspecified atom stereocenters. The van der Waals surface area contributed by atoms with Crippen LogP contribution < -0.4 is 14.8 Å². The molecular formula is C25H34FN3O5. The van der Waals surface area contributed by atoms with E-state index in [0.29, 0.717) is 25.3 Å². The second-order valence-electron chi connectivity index (χ2n) is 8.76. The molecule has 0 aliphatic carbocycles. The number of rotatable bonds is 11. The molecule has 3 atom stereocenters. The summed E-state index contributed by atoms with van der Waals surface area (Å²) < 4.78 is 29.8. The van der Waals surface area contributed by atoms with Crippen LogP contribution in [-0.2, 0) is 11.3 Å². The first-order valence-electron chi connectivity index (χ1n) is 11.3. The zero-order valence-corrected chi connectivity index (χ0v) is 20.2. The van der Waals surface area contributed by atoms with Crippen LogP contribution in [-0.4, -0.2) is 73.7 Å². The lowest BCUT2D eigenvalue weighted by atomic mass is 10.0. The standard InChI is InChI=1S/C25H34FN3O5/c1-17(12-29(18(2)15-30)25(31)27-21-8-6-20(26)7-9-21)24(32-4)14-28(3)13-19-5-10-22-23(11-19)34-16-33-22/h5-11,17-18,24,30H,12-16H2,1-4H3,(H,27,31)/t17-,18+,24+/m0/s1. The third-order valence-corrected chi connectivity index (χ3v) is 5.96. The molecule has 1 aliphatic heterocycles. The third-order valence-electron chi connectivity index (χ3n) is 5.96. The molecule has 2 aromatic rings. The lowest BCUT2D eigenvalue weighted by molar-refractivity contribution is 0.0177. The molecule has 9 heteroatoms. The Bertz CT molecular complexity index is 943. The highest BCUT2D eigenvalue weighted by Gasteiger charge is 2.27. The van der Waals surface area contributed by atoms with Gasteiger partial charge in [-0.15, -0.1) is 0 Å². The van der Waals surface area contributed by atoms with Gasteiger partial charge in [0.1, 0.15) is 5.82 Å². The molecule has 1 heterocycles. The van der Waals surface area contributed by atoms with Gasteiger partial charge in [0.2, 0.25) is 6.79 Å². The third kappa shape index (κ3) is 6.82. The number of hydrogen-bond acceptors (Lipinski definition) is 6. The predicted octanol–water partition coefficient (Wildman–Crippen LogP) is 3.55. The van der Waals surface area contributed by atoms with E-state index in [0.717, 1.165) is 17.1 Å². The van der Waals surface area contributed by atoms with Crippen LogP contribution in [0.4, 0.5) is 14.9 Å². The van der Waals surface area contributed by atoms with Gasteiger partial charge >= 0.3 is 6.03 Å². The van der Waals surface area contributed by atoms with Crippen LogP contribution in [0.15, 0.2) is 42.5 Å². The van der Waals surface area contributed by atoms with Crippen molar-refractivity contribution in [2.24, 2.45) is 5.92 Å². The van der Waals surface area contributed by atoms with Gasteiger partial charge in [0.15, 0.2) is 11.5 Å². The van der Waals surface area contributed by atoms with E-state index < -0.39 is 6.04 Å². The first-order chi connectivity index (χ1) is 16.3. The summed E-state index contributed by atoms with van der Waals surface area (Å²) in [7, 11) is 3.67. The summed E-state index contributed by atoms with van der Waals surface area (Å²) in [4.78, 5) is 16.7. The molecule has 0 fully saturated rings. The molecule has 3 rings (SSSR count). The van der Waals surface area contributed by atoms with Crippen LogP contribution in [0.5, 0.6) is 11.5 Å². The molecule has 0 spiro atoms. The van der Waals surface area contributed by atoms with Gasteiger partial charge in [0, 0.05) is 38.3 Å². The van der Waals surface area contributed by atoms with Gasteiger partial charge in [-0.3, -0.25) is 4.90 Å². The number of ether oxygens (including phenoxy) is 3.